The molecule has 7 nitrogen and oxygen atoms in total. The van der Waals surface area contributed by atoms with Crippen LogP contribution in [0.3, 0.4) is 0 Å². The summed E-state index contributed by atoms with van der Waals surface area (Å²) in [5.41, 5.74) is 3.77. The zero-order chi connectivity index (χ0) is 14.8. The number of nitrogens with two attached hydrogens (primary N) is 1. The van der Waals surface area contributed by atoms with Crippen LogP contribution in [-0.4, -0.2) is 24.7 Å². The Kier molecular flexibility index (Phi) is 7.56. The number of ether oxygens (including phenoxy) is 2. The van der Waals surface area contributed by atoms with Crippen LogP contribution >= 0.6 is 0 Å². The molecule has 1 aromatic rings. The minimum Gasteiger partial charge on any atom is -0.379 e. The molecule has 0 spiro atoms. The van der Waals surface area contributed by atoms with Crippen molar-refractivity contribution < 1.29 is 14.4 Å². The van der Waals surface area contributed by atoms with Gasteiger partial charge in [0.25, 0.3) is 5.69 Å². The maximum Gasteiger partial charge on any atom is 0.269 e. The van der Waals surface area contributed by atoms with E-state index in [-0.39, 0.29) is 12.3 Å². The molecule has 1 rings (SSSR count). The van der Waals surface area contributed by atoms with E-state index in [4.69, 9.17) is 15.3 Å². The summed E-state index contributed by atoms with van der Waals surface area (Å²) in [6, 6.07) is 4.41. The molecule has 0 radical (unpaired) electrons. The van der Waals surface area contributed by atoms with Crippen molar-refractivity contribution in [2.45, 2.75) is 26.4 Å². The van der Waals surface area contributed by atoms with Crippen LogP contribution in [0.2, 0.25) is 0 Å². The van der Waals surface area contributed by atoms with Gasteiger partial charge >= 0.3 is 0 Å². The first-order valence-electron chi connectivity index (χ1n) is 6.58. The van der Waals surface area contributed by atoms with Gasteiger partial charge < -0.3 is 14.9 Å². The number of unbranched alkanes of at least 4 members (excludes halogenated alkanes) is 1. The fourth-order valence-electron chi connectivity index (χ4n) is 1.60. The van der Waals surface area contributed by atoms with E-state index in [9.17, 15) is 10.1 Å². The summed E-state index contributed by atoms with van der Waals surface area (Å²) in [5, 5.41) is 10.7. The van der Waals surface area contributed by atoms with Gasteiger partial charge in [0, 0.05) is 24.3 Å². The molecule has 0 atom stereocenters. The third-order valence-electron chi connectivity index (χ3n) is 2.73. The second-order valence-corrected chi connectivity index (χ2v) is 4.26. The number of hydrazine groups is 1. The van der Waals surface area contributed by atoms with E-state index in [0.29, 0.717) is 24.5 Å². The molecule has 0 amide bonds. The van der Waals surface area contributed by atoms with Gasteiger partial charge in [-0.25, -0.2) is 0 Å². The Bertz CT molecular complexity index is 426. The third-order valence-corrected chi connectivity index (χ3v) is 2.73. The number of nitrogens with one attached hydrogen (secondary N) is 1. The molecule has 0 aliphatic heterocycles. The number of nitrogen functional groups attached to an aromatic ring is 1. The molecule has 1 aromatic carbocycles. The number of non-ortho nitro benzene ring substituents is 1. The predicted molar refractivity (Wildman–Crippen MR) is 76.3 cm³/mol. The van der Waals surface area contributed by atoms with E-state index < -0.39 is 4.92 Å². The smallest absolute Gasteiger partial charge is 0.269 e. The zero-order valence-electron chi connectivity index (χ0n) is 11.6. The number of nitrogens with zero attached hydrogens (tertiary/aromatic N) is 1. The lowest BCUT2D eigenvalue weighted by atomic mass is 10.1. The molecular formula is C13H21N3O4. The average Bonchev–Trinajstić information content (AvgIpc) is 2.46. The normalized spacial score (nSPS) is 10.5. The highest BCUT2D eigenvalue weighted by molar-refractivity contribution is 5.55. The van der Waals surface area contributed by atoms with Gasteiger partial charge in [0.15, 0.2) is 0 Å². The van der Waals surface area contributed by atoms with Crippen molar-refractivity contribution in [2.75, 3.05) is 25.2 Å². The molecule has 0 fully saturated rings. The van der Waals surface area contributed by atoms with Gasteiger partial charge in [-0.1, -0.05) is 13.3 Å². The zero-order valence-corrected chi connectivity index (χ0v) is 11.6. The van der Waals surface area contributed by atoms with Gasteiger partial charge in [-0.05, 0) is 12.5 Å². The molecule has 3 N–H and O–H groups in total. The monoisotopic (exact) mass is 283 g/mol. The fourth-order valence-corrected chi connectivity index (χ4v) is 1.60. The molecule has 20 heavy (non-hydrogen) atoms. The van der Waals surface area contributed by atoms with Crippen molar-refractivity contribution >= 4 is 11.4 Å². The minimum atomic E-state index is -0.447. The van der Waals surface area contributed by atoms with Crippen LogP contribution < -0.4 is 11.3 Å². The number of hydrogen-bond acceptors (Lipinski definition) is 6. The summed E-state index contributed by atoms with van der Waals surface area (Å²) in [7, 11) is 0. The predicted octanol–water partition coefficient (Wildman–Crippen LogP) is 2.21. The highest BCUT2D eigenvalue weighted by atomic mass is 16.6. The molecule has 112 valence electrons. The van der Waals surface area contributed by atoms with Crippen molar-refractivity contribution in [3.8, 4) is 0 Å². The van der Waals surface area contributed by atoms with Crippen LogP contribution in [0.25, 0.3) is 0 Å². The van der Waals surface area contributed by atoms with E-state index in [0.717, 1.165) is 19.4 Å². The fraction of sp³-hybridized carbons (Fsp3) is 0.538. The summed E-state index contributed by atoms with van der Waals surface area (Å²) in [5.74, 6) is 5.36. The van der Waals surface area contributed by atoms with Crippen LogP contribution in [0, 0.1) is 10.1 Å². The highest BCUT2D eigenvalue weighted by Crippen LogP contribution is 2.22. The largest absolute Gasteiger partial charge is 0.379 e. The number of nitro groups is 1. The molecule has 0 bridgehead atoms. The van der Waals surface area contributed by atoms with E-state index in [2.05, 4.69) is 12.3 Å². The van der Waals surface area contributed by atoms with Crippen LogP contribution in [0.15, 0.2) is 18.2 Å². The molecule has 0 heterocycles. The minimum absolute atomic E-state index is 0.0156. The van der Waals surface area contributed by atoms with Gasteiger partial charge in [-0.3, -0.25) is 16.0 Å². The summed E-state index contributed by atoms with van der Waals surface area (Å²) < 4.78 is 10.8. The first-order chi connectivity index (χ1) is 9.69. The Hall–Kier alpha value is -1.70. The second kappa shape index (κ2) is 9.24. The van der Waals surface area contributed by atoms with Crippen LogP contribution in [0.4, 0.5) is 11.4 Å². The van der Waals surface area contributed by atoms with Gasteiger partial charge in [0.2, 0.25) is 0 Å². The van der Waals surface area contributed by atoms with Crippen molar-refractivity contribution in [3.63, 3.8) is 0 Å². The Morgan fingerprint density at radius 2 is 2.05 bits per heavy atom. The van der Waals surface area contributed by atoms with Crippen molar-refractivity contribution in [1.29, 1.82) is 0 Å². The van der Waals surface area contributed by atoms with Crippen LogP contribution in [0.5, 0.6) is 0 Å². The maximum atomic E-state index is 10.7. The number of benzene rings is 1. The number of anilines is 1. The average molecular weight is 283 g/mol. The Balaban J connectivity index is 2.41. The quantitative estimate of drug-likeness (QED) is 0.295. The van der Waals surface area contributed by atoms with Gasteiger partial charge in [-0.15, -0.1) is 0 Å². The maximum absolute atomic E-state index is 10.7. The number of hydrogen-bond donors (Lipinski definition) is 2. The van der Waals surface area contributed by atoms with Crippen molar-refractivity contribution in [2.24, 2.45) is 5.84 Å². The van der Waals surface area contributed by atoms with Gasteiger partial charge in [0.1, 0.15) is 0 Å². The molecule has 7 heteroatoms. The molecule has 0 aliphatic rings. The summed E-state index contributed by atoms with van der Waals surface area (Å²) in [6.45, 7) is 4.03. The molecule has 0 saturated carbocycles. The third kappa shape index (κ3) is 5.52. The van der Waals surface area contributed by atoms with Crippen molar-refractivity contribution in [3.05, 3.63) is 33.9 Å². The Labute approximate surface area is 118 Å². The first-order valence-corrected chi connectivity index (χ1v) is 6.58. The molecular weight excluding hydrogens is 262 g/mol. The Morgan fingerprint density at radius 1 is 1.30 bits per heavy atom. The van der Waals surface area contributed by atoms with Gasteiger partial charge in [0.05, 0.1) is 30.4 Å². The molecule has 0 aliphatic carbocycles. The van der Waals surface area contributed by atoms with E-state index in [1.54, 1.807) is 6.07 Å². The molecule has 0 saturated heterocycles. The molecule has 0 aromatic heterocycles. The standard InChI is InChI=1S/C13H21N3O4/c1-2-3-6-19-7-8-20-10-11-9-12(16(17)18)4-5-13(11)15-14/h4-5,9,15H,2-3,6-8,10,14H2,1H3. The van der Waals surface area contributed by atoms with Crippen LogP contribution in [-0.2, 0) is 16.1 Å². The van der Waals surface area contributed by atoms with Crippen LogP contribution in [0.1, 0.15) is 25.3 Å². The van der Waals surface area contributed by atoms with E-state index in [1.807, 2.05) is 0 Å². The SMILES string of the molecule is CCCCOCCOCc1cc([N+](=O)[O-])ccc1NN. The lowest BCUT2D eigenvalue weighted by Crippen LogP contribution is -2.11. The number of rotatable bonds is 10. The topological polar surface area (TPSA) is 99.6 Å². The summed E-state index contributed by atoms with van der Waals surface area (Å²) in [6.07, 6.45) is 2.13. The lowest BCUT2D eigenvalue weighted by molar-refractivity contribution is -0.384. The second-order valence-electron chi connectivity index (χ2n) is 4.26. The van der Waals surface area contributed by atoms with E-state index in [1.165, 1.54) is 12.1 Å². The molecule has 0 unspecified atom stereocenters. The summed E-state index contributed by atoms with van der Waals surface area (Å²) in [4.78, 5) is 10.3. The first kappa shape index (κ1) is 16.4. The Morgan fingerprint density at radius 3 is 2.70 bits per heavy atom. The van der Waals surface area contributed by atoms with E-state index >= 15 is 0 Å². The number of nitro benzene ring substituents is 1. The van der Waals surface area contributed by atoms with Crippen molar-refractivity contribution in [1.82, 2.24) is 0 Å². The van der Waals surface area contributed by atoms with Gasteiger partial charge in [-0.2, -0.15) is 0 Å². The summed E-state index contributed by atoms with van der Waals surface area (Å²) >= 11 is 0. The highest BCUT2D eigenvalue weighted by Gasteiger charge is 2.10. The lowest BCUT2D eigenvalue weighted by Gasteiger charge is -2.09.